The molecule has 1 amide bonds. The first kappa shape index (κ1) is 16.1. The van der Waals surface area contributed by atoms with Crippen LogP contribution in [-0.4, -0.2) is 18.0 Å². The molecule has 0 spiro atoms. The Labute approximate surface area is 128 Å². The van der Waals surface area contributed by atoms with E-state index in [-0.39, 0.29) is 30.3 Å². The summed E-state index contributed by atoms with van der Waals surface area (Å²) in [5.74, 6) is 1.58. The van der Waals surface area contributed by atoms with Crippen LogP contribution in [0, 0.1) is 17.8 Å². The largest absolute Gasteiger partial charge is 0.353 e. The van der Waals surface area contributed by atoms with Crippen molar-refractivity contribution in [3.8, 4) is 0 Å². The van der Waals surface area contributed by atoms with Gasteiger partial charge in [0.2, 0.25) is 5.91 Å². The van der Waals surface area contributed by atoms with E-state index in [9.17, 15) is 4.79 Å². The molecular weight excluding hydrogens is 272 g/mol. The molecule has 0 heterocycles. The summed E-state index contributed by atoms with van der Waals surface area (Å²) in [6, 6.07) is 0.548. The number of hydrogen-bond acceptors (Lipinski definition) is 2. The first-order valence-electron chi connectivity index (χ1n) is 8.31. The average Bonchev–Trinajstić information content (AvgIpc) is 2.92. The van der Waals surface area contributed by atoms with Crippen LogP contribution in [0.1, 0.15) is 64.2 Å². The molecule has 0 aromatic carbocycles. The minimum Gasteiger partial charge on any atom is -0.353 e. The predicted molar refractivity (Wildman–Crippen MR) is 83.8 cm³/mol. The second kappa shape index (κ2) is 7.13. The Hall–Kier alpha value is -0.280. The van der Waals surface area contributed by atoms with E-state index in [1.165, 1.54) is 64.2 Å². The fraction of sp³-hybridized carbons (Fsp3) is 0.938. The van der Waals surface area contributed by atoms with Crippen LogP contribution in [0.25, 0.3) is 0 Å². The van der Waals surface area contributed by atoms with E-state index in [0.717, 1.165) is 0 Å². The molecule has 4 unspecified atom stereocenters. The molecule has 3 N–H and O–H groups in total. The van der Waals surface area contributed by atoms with Gasteiger partial charge >= 0.3 is 0 Å². The number of carbonyl (C=O) groups is 1. The number of rotatable bonds is 2. The molecular formula is C16H29ClN2O. The van der Waals surface area contributed by atoms with Gasteiger partial charge in [-0.1, -0.05) is 32.1 Å². The number of nitrogens with one attached hydrogen (secondary N) is 1. The molecule has 116 valence electrons. The molecule has 3 rings (SSSR count). The highest BCUT2D eigenvalue weighted by atomic mass is 35.5. The van der Waals surface area contributed by atoms with Crippen molar-refractivity contribution in [1.29, 1.82) is 0 Å². The molecule has 0 aromatic heterocycles. The van der Waals surface area contributed by atoms with Crippen LogP contribution in [0.5, 0.6) is 0 Å². The van der Waals surface area contributed by atoms with E-state index < -0.39 is 0 Å². The summed E-state index contributed by atoms with van der Waals surface area (Å²) in [4.78, 5) is 12.5. The zero-order valence-corrected chi connectivity index (χ0v) is 13.2. The quantitative estimate of drug-likeness (QED) is 0.823. The van der Waals surface area contributed by atoms with Gasteiger partial charge in [-0.2, -0.15) is 0 Å². The minimum atomic E-state index is 0. The van der Waals surface area contributed by atoms with E-state index in [1.807, 2.05) is 0 Å². The lowest BCUT2D eigenvalue weighted by Gasteiger charge is -2.29. The SMILES string of the molecule is Cl.NC1C2CCC(C2)C1C(=O)NC1CCCCCCC1. The fourth-order valence-electron chi connectivity index (χ4n) is 4.62. The Morgan fingerprint density at radius 2 is 1.50 bits per heavy atom. The highest BCUT2D eigenvalue weighted by Crippen LogP contribution is 2.47. The van der Waals surface area contributed by atoms with Crippen LogP contribution in [0.4, 0.5) is 0 Å². The van der Waals surface area contributed by atoms with Gasteiger partial charge in [-0.15, -0.1) is 12.4 Å². The Kier molecular flexibility index (Phi) is 5.74. The van der Waals surface area contributed by atoms with Gasteiger partial charge in [0.15, 0.2) is 0 Å². The molecule has 4 heteroatoms. The Morgan fingerprint density at radius 1 is 0.900 bits per heavy atom. The van der Waals surface area contributed by atoms with Crippen molar-refractivity contribution in [3.63, 3.8) is 0 Å². The van der Waals surface area contributed by atoms with Crippen LogP contribution >= 0.6 is 12.4 Å². The van der Waals surface area contributed by atoms with Crippen molar-refractivity contribution in [2.45, 2.75) is 76.3 Å². The predicted octanol–water partition coefficient (Wildman–Crippen LogP) is 3.01. The summed E-state index contributed by atoms with van der Waals surface area (Å²) >= 11 is 0. The van der Waals surface area contributed by atoms with Gasteiger partial charge in [0, 0.05) is 12.1 Å². The summed E-state index contributed by atoms with van der Waals surface area (Å²) in [5.41, 5.74) is 6.27. The maximum atomic E-state index is 12.5. The van der Waals surface area contributed by atoms with Crippen LogP contribution < -0.4 is 11.1 Å². The van der Waals surface area contributed by atoms with Crippen molar-refractivity contribution < 1.29 is 4.79 Å². The van der Waals surface area contributed by atoms with Crippen molar-refractivity contribution in [2.75, 3.05) is 0 Å². The molecule has 3 nitrogen and oxygen atoms in total. The molecule has 0 radical (unpaired) electrons. The minimum absolute atomic E-state index is 0. The standard InChI is InChI=1S/C16H28N2O.ClH/c17-15-12-9-8-11(10-12)14(15)16(19)18-13-6-4-2-1-3-5-7-13;/h11-15H,1-10,17H2,(H,18,19);1H. The fourth-order valence-corrected chi connectivity index (χ4v) is 4.62. The van der Waals surface area contributed by atoms with Crippen molar-refractivity contribution in [2.24, 2.45) is 23.5 Å². The third-order valence-electron chi connectivity index (χ3n) is 5.73. The zero-order valence-electron chi connectivity index (χ0n) is 12.4. The average molecular weight is 301 g/mol. The molecule has 20 heavy (non-hydrogen) atoms. The van der Waals surface area contributed by atoms with Crippen LogP contribution in [0.15, 0.2) is 0 Å². The van der Waals surface area contributed by atoms with E-state index in [0.29, 0.717) is 17.9 Å². The van der Waals surface area contributed by atoms with E-state index in [1.54, 1.807) is 0 Å². The molecule has 3 fully saturated rings. The van der Waals surface area contributed by atoms with Gasteiger partial charge in [0.05, 0.1) is 5.92 Å². The normalized spacial score (nSPS) is 37.9. The van der Waals surface area contributed by atoms with E-state index >= 15 is 0 Å². The first-order valence-corrected chi connectivity index (χ1v) is 8.31. The second-order valence-electron chi connectivity index (χ2n) is 6.99. The Bertz CT molecular complexity index is 326. The Balaban J connectivity index is 0.00000147. The van der Waals surface area contributed by atoms with Gasteiger partial charge in [-0.25, -0.2) is 0 Å². The lowest BCUT2D eigenvalue weighted by molar-refractivity contribution is -0.127. The van der Waals surface area contributed by atoms with Gasteiger partial charge in [-0.05, 0) is 43.9 Å². The van der Waals surface area contributed by atoms with Crippen molar-refractivity contribution in [1.82, 2.24) is 5.32 Å². The van der Waals surface area contributed by atoms with Gasteiger partial charge in [0.25, 0.3) is 0 Å². The number of fused-ring (bicyclic) bond motifs is 2. The topological polar surface area (TPSA) is 55.1 Å². The van der Waals surface area contributed by atoms with Crippen LogP contribution in [0.2, 0.25) is 0 Å². The highest BCUT2D eigenvalue weighted by Gasteiger charge is 2.49. The molecule has 3 saturated carbocycles. The maximum Gasteiger partial charge on any atom is 0.225 e. The molecule has 0 saturated heterocycles. The summed E-state index contributed by atoms with van der Waals surface area (Å²) < 4.78 is 0. The monoisotopic (exact) mass is 300 g/mol. The van der Waals surface area contributed by atoms with Gasteiger partial charge in [0.1, 0.15) is 0 Å². The summed E-state index contributed by atoms with van der Waals surface area (Å²) in [6.45, 7) is 0. The number of nitrogens with two attached hydrogens (primary N) is 1. The molecule has 0 aliphatic heterocycles. The number of amides is 1. The van der Waals surface area contributed by atoms with Crippen LogP contribution in [-0.2, 0) is 4.79 Å². The third-order valence-corrected chi connectivity index (χ3v) is 5.73. The lowest BCUT2D eigenvalue weighted by Crippen LogP contribution is -2.48. The molecule has 0 aromatic rings. The number of halogens is 1. The van der Waals surface area contributed by atoms with Crippen LogP contribution in [0.3, 0.4) is 0 Å². The number of hydrogen-bond donors (Lipinski definition) is 2. The van der Waals surface area contributed by atoms with Crippen molar-refractivity contribution >= 4 is 18.3 Å². The number of carbonyl (C=O) groups excluding carboxylic acids is 1. The first-order chi connectivity index (χ1) is 9.25. The zero-order chi connectivity index (χ0) is 13.2. The van der Waals surface area contributed by atoms with E-state index in [4.69, 9.17) is 5.73 Å². The summed E-state index contributed by atoms with van der Waals surface area (Å²) in [6.07, 6.45) is 12.6. The molecule has 3 aliphatic carbocycles. The highest BCUT2D eigenvalue weighted by molar-refractivity contribution is 5.85. The molecule has 4 atom stereocenters. The summed E-state index contributed by atoms with van der Waals surface area (Å²) in [7, 11) is 0. The lowest BCUT2D eigenvalue weighted by atomic mass is 9.84. The van der Waals surface area contributed by atoms with Crippen molar-refractivity contribution in [3.05, 3.63) is 0 Å². The van der Waals surface area contributed by atoms with Gasteiger partial charge in [-0.3, -0.25) is 4.79 Å². The second-order valence-corrected chi connectivity index (χ2v) is 6.99. The maximum absolute atomic E-state index is 12.5. The third kappa shape index (κ3) is 3.30. The molecule has 2 bridgehead atoms. The smallest absolute Gasteiger partial charge is 0.225 e. The molecule has 3 aliphatic rings. The Morgan fingerprint density at radius 3 is 2.10 bits per heavy atom. The van der Waals surface area contributed by atoms with Gasteiger partial charge < -0.3 is 11.1 Å². The van der Waals surface area contributed by atoms with E-state index in [2.05, 4.69) is 5.32 Å². The summed E-state index contributed by atoms with van der Waals surface area (Å²) in [5, 5.41) is 3.32.